The fourth-order valence-corrected chi connectivity index (χ4v) is 3.36. The summed E-state index contributed by atoms with van der Waals surface area (Å²) in [7, 11) is -4.22. The van der Waals surface area contributed by atoms with Crippen molar-refractivity contribution in [2.45, 2.75) is 11.3 Å². The molecule has 8 heteroatoms. The number of carbonyl (C=O) groups is 1. The molecule has 26 heavy (non-hydrogen) atoms. The highest BCUT2D eigenvalue weighted by atomic mass is 32.2. The zero-order chi connectivity index (χ0) is 18.7. The maximum atomic E-state index is 13.2. The van der Waals surface area contributed by atoms with Crippen molar-refractivity contribution < 1.29 is 22.0 Å². The fourth-order valence-electron chi connectivity index (χ4n) is 2.49. The van der Waals surface area contributed by atoms with Crippen molar-refractivity contribution in [1.29, 1.82) is 0 Å². The summed E-state index contributed by atoms with van der Waals surface area (Å²) in [6.07, 6.45) is -0.0539. The lowest BCUT2D eigenvalue weighted by Crippen LogP contribution is -2.42. The Bertz CT molecular complexity index is 1080. The average Bonchev–Trinajstić information content (AvgIpc) is 2.63. The van der Waals surface area contributed by atoms with Crippen molar-refractivity contribution in [3.8, 4) is 0 Å². The molecule has 0 spiro atoms. The maximum absolute atomic E-state index is 13.2. The largest absolute Gasteiger partial charge is 0.277 e. The Balaban J connectivity index is 1.71. The van der Waals surface area contributed by atoms with E-state index in [1.807, 2.05) is 35.2 Å². The zero-order valence-corrected chi connectivity index (χ0v) is 14.2. The van der Waals surface area contributed by atoms with E-state index in [0.717, 1.165) is 22.4 Å². The molecule has 0 aliphatic rings. The summed E-state index contributed by atoms with van der Waals surface area (Å²) >= 11 is 0. The Hall–Kier alpha value is -2.84. The maximum Gasteiger partial charge on any atom is 0.257 e. The van der Waals surface area contributed by atoms with E-state index in [2.05, 4.69) is 5.43 Å². The van der Waals surface area contributed by atoms with Gasteiger partial charge in [-0.25, -0.2) is 17.2 Å². The van der Waals surface area contributed by atoms with Crippen molar-refractivity contribution in [2.75, 3.05) is 0 Å². The summed E-state index contributed by atoms with van der Waals surface area (Å²) in [6.45, 7) is 0. The second-order valence-electron chi connectivity index (χ2n) is 5.54. The lowest BCUT2D eigenvalue weighted by Gasteiger charge is -2.10. The van der Waals surface area contributed by atoms with Crippen LogP contribution in [0.3, 0.4) is 0 Å². The minimum absolute atomic E-state index is 0.0539. The smallest absolute Gasteiger partial charge is 0.257 e. The van der Waals surface area contributed by atoms with Crippen molar-refractivity contribution in [3.63, 3.8) is 0 Å². The van der Waals surface area contributed by atoms with Crippen LogP contribution in [-0.4, -0.2) is 14.3 Å². The molecule has 0 aliphatic carbocycles. The number of amides is 1. The first kappa shape index (κ1) is 18.0. The molecule has 3 aromatic rings. The SMILES string of the molecule is O=C(Cc1cccc2ccccc12)NNS(=O)(=O)c1ccc(F)c(F)c1. The van der Waals surface area contributed by atoms with Crippen LogP contribution in [0.4, 0.5) is 8.78 Å². The molecule has 0 saturated heterocycles. The Morgan fingerprint density at radius 3 is 2.42 bits per heavy atom. The van der Waals surface area contributed by atoms with Gasteiger partial charge in [0.15, 0.2) is 11.6 Å². The molecular formula is C18H14F2N2O3S. The van der Waals surface area contributed by atoms with Crippen molar-refractivity contribution in [3.05, 3.63) is 77.9 Å². The number of sulfonamides is 1. The molecule has 134 valence electrons. The summed E-state index contributed by atoms with van der Waals surface area (Å²) in [5.74, 6) is -3.05. The second kappa shape index (κ2) is 7.19. The van der Waals surface area contributed by atoms with Crippen LogP contribution in [0.25, 0.3) is 10.8 Å². The molecule has 2 N–H and O–H groups in total. The number of hydrogen-bond acceptors (Lipinski definition) is 3. The molecule has 0 unspecified atom stereocenters. The van der Waals surface area contributed by atoms with E-state index < -0.39 is 32.5 Å². The third-order valence-corrected chi connectivity index (χ3v) is 5.00. The van der Waals surface area contributed by atoms with Crippen molar-refractivity contribution in [1.82, 2.24) is 10.3 Å². The van der Waals surface area contributed by atoms with Crippen LogP contribution in [0.5, 0.6) is 0 Å². The van der Waals surface area contributed by atoms with E-state index in [9.17, 15) is 22.0 Å². The Labute approximate surface area is 148 Å². The van der Waals surface area contributed by atoms with E-state index in [-0.39, 0.29) is 6.42 Å². The van der Waals surface area contributed by atoms with E-state index in [0.29, 0.717) is 12.1 Å². The molecule has 0 saturated carbocycles. The van der Waals surface area contributed by atoms with E-state index in [4.69, 9.17) is 0 Å². The van der Waals surface area contributed by atoms with Gasteiger partial charge in [0.1, 0.15) is 0 Å². The number of rotatable bonds is 5. The van der Waals surface area contributed by atoms with E-state index >= 15 is 0 Å². The van der Waals surface area contributed by atoms with Gasteiger partial charge < -0.3 is 0 Å². The monoisotopic (exact) mass is 376 g/mol. The van der Waals surface area contributed by atoms with E-state index in [1.165, 1.54) is 0 Å². The van der Waals surface area contributed by atoms with Gasteiger partial charge in [-0.2, -0.15) is 0 Å². The molecule has 3 aromatic carbocycles. The summed E-state index contributed by atoms with van der Waals surface area (Å²) < 4.78 is 50.2. The van der Waals surface area contributed by atoms with Crippen LogP contribution in [0.1, 0.15) is 5.56 Å². The van der Waals surface area contributed by atoms with Crippen LogP contribution in [-0.2, 0) is 21.2 Å². The fraction of sp³-hybridized carbons (Fsp3) is 0.0556. The van der Waals surface area contributed by atoms with Gasteiger partial charge in [-0.05, 0) is 34.5 Å². The van der Waals surface area contributed by atoms with Gasteiger partial charge >= 0.3 is 0 Å². The topological polar surface area (TPSA) is 75.3 Å². The predicted octanol–water partition coefficient (Wildman–Crippen LogP) is 2.67. The lowest BCUT2D eigenvalue weighted by molar-refractivity contribution is -0.120. The third kappa shape index (κ3) is 3.87. The van der Waals surface area contributed by atoms with E-state index in [1.54, 1.807) is 12.1 Å². The van der Waals surface area contributed by atoms with Crippen LogP contribution < -0.4 is 10.3 Å². The molecule has 0 radical (unpaired) electrons. The van der Waals surface area contributed by atoms with Gasteiger partial charge in [-0.1, -0.05) is 42.5 Å². The second-order valence-corrected chi connectivity index (χ2v) is 7.23. The standard InChI is InChI=1S/C18H14F2N2O3S/c19-16-9-8-14(11-17(16)20)26(24,25)22-21-18(23)10-13-6-3-5-12-4-1-2-7-15(12)13/h1-9,11,22H,10H2,(H,21,23). The van der Waals surface area contributed by atoms with Gasteiger partial charge in [-0.3, -0.25) is 10.2 Å². The zero-order valence-electron chi connectivity index (χ0n) is 13.4. The minimum atomic E-state index is -4.22. The summed E-state index contributed by atoms with van der Waals surface area (Å²) in [5.41, 5.74) is 2.80. The highest BCUT2D eigenvalue weighted by molar-refractivity contribution is 7.89. The Morgan fingerprint density at radius 2 is 1.65 bits per heavy atom. The summed E-state index contributed by atoms with van der Waals surface area (Å²) in [5, 5.41) is 1.84. The molecule has 3 rings (SSSR count). The molecular weight excluding hydrogens is 362 g/mol. The normalized spacial score (nSPS) is 11.5. The first-order valence-corrected chi connectivity index (χ1v) is 9.07. The predicted molar refractivity (Wildman–Crippen MR) is 92.5 cm³/mol. The number of carbonyl (C=O) groups excluding carboxylic acids is 1. The number of halogens is 2. The highest BCUT2D eigenvalue weighted by Gasteiger charge is 2.17. The first-order chi connectivity index (χ1) is 12.4. The van der Waals surface area contributed by atoms with Crippen molar-refractivity contribution in [2.24, 2.45) is 0 Å². The van der Waals surface area contributed by atoms with Crippen LogP contribution >= 0.6 is 0 Å². The lowest BCUT2D eigenvalue weighted by atomic mass is 10.0. The summed E-state index contributed by atoms with van der Waals surface area (Å²) in [4.78, 5) is 13.5. The first-order valence-electron chi connectivity index (χ1n) is 7.59. The number of benzene rings is 3. The van der Waals surface area contributed by atoms with Gasteiger partial charge in [0.2, 0.25) is 5.91 Å². The molecule has 0 aliphatic heterocycles. The van der Waals surface area contributed by atoms with Gasteiger partial charge in [0, 0.05) is 0 Å². The Kier molecular flexibility index (Phi) is 4.97. The number of nitrogens with one attached hydrogen (secondary N) is 2. The Morgan fingerprint density at radius 1 is 0.923 bits per heavy atom. The van der Waals surface area contributed by atoms with Crippen LogP contribution in [0, 0.1) is 11.6 Å². The average molecular weight is 376 g/mol. The van der Waals surface area contributed by atoms with Crippen molar-refractivity contribution >= 4 is 26.7 Å². The molecule has 0 bridgehead atoms. The highest BCUT2D eigenvalue weighted by Crippen LogP contribution is 2.19. The third-order valence-electron chi connectivity index (χ3n) is 3.76. The van der Waals surface area contributed by atoms with Crippen LogP contribution in [0.15, 0.2) is 65.6 Å². The van der Waals surface area contributed by atoms with Gasteiger partial charge in [0.25, 0.3) is 10.0 Å². The number of fused-ring (bicyclic) bond motifs is 1. The molecule has 1 amide bonds. The molecule has 0 aromatic heterocycles. The molecule has 0 atom stereocenters. The number of hydrogen-bond donors (Lipinski definition) is 2. The van der Waals surface area contributed by atoms with Crippen LogP contribution in [0.2, 0.25) is 0 Å². The molecule has 0 fully saturated rings. The quantitative estimate of drug-likeness (QED) is 0.673. The summed E-state index contributed by atoms with van der Waals surface area (Å²) in [6, 6.07) is 15.1. The minimum Gasteiger partial charge on any atom is -0.277 e. The number of hydrazine groups is 1. The molecule has 5 nitrogen and oxygen atoms in total. The van der Waals surface area contributed by atoms with Gasteiger partial charge in [-0.15, -0.1) is 4.83 Å². The van der Waals surface area contributed by atoms with Gasteiger partial charge in [0.05, 0.1) is 11.3 Å². The molecule has 0 heterocycles.